The van der Waals surface area contributed by atoms with Crippen LogP contribution in [0.15, 0.2) is 16.8 Å². The van der Waals surface area contributed by atoms with Crippen molar-refractivity contribution in [2.24, 2.45) is 11.7 Å². The topological polar surface area (TPSA) is 120 Å². The highest BCUT2D eigenvalue weighted by atomic mass is 16.6. The van der Waals surface area contributed by atoms with Gasteiger partial charge in [-0.15, -0.1) is 0 Å². The lowest BCUT2D eigenvalue weighted by Crippen LogP contribution is -2.31. The van der Waals surface area contributed by atoms with E-state index in [-0.39, 0.29) is 17.2 Å². The van der Waals surface area contributed by atoms with Crippen LogP contribution in [0.5, 0.6) is 0 Å². The molecule has 19 heavy (non-hydrogen) atoms. The number of rotatable bonds is 5. The van der Waals surface area contributed by atoms with Crippen LogP contribution < -0.4 is 11.1 Å². The van der Waals surface area contributed by atoms with E-state index >= 15 is 0 Å². The largest absolute Gasteiger partial charge is 0.382 e. The molecule has 0 aliphatic heterocycles. The third-order valence-corrected chi connectivity index (χ3v) is 3.35. The molecule has 1 saturated carbocycles. The minimum atomic E-state index is -0.508. The van der Waals surface area contributed by atoms with E-state index in [2.05, 4.69) is 20.3 Å². The van der Waals surface area contributed by atoms with Gasteiger partial charge in [-0.3, -0.25) is 10.1 Å². The average Bonchev–Trinajstić information content (AvgIpc) is 3.12. The van der Waals surface area contributed by atoms with Crippen molar-refractivity contribution < 1.29 is 9.55 Å². The molecule has 0 spiro atoms. The molecule has 1 aromatic carbocycles. The lowest BCUT2D eigenvalue weighted by Gasteiger charge is -2.12. The Hall–Kier alpha value is -2.22. The Kier molecular flexibility index (Phi) is 2.79. The third-order valence-electron chi connectivity index (χ3n) is 3.35. The Bertz CT molecular complexity index is 622. The first kappa shape index (κ1) is 11.8. The lowest BCUT2D eigenvalue weighted by atomic mass is 10.2. The molecular weight excluding hydrogens is 250 g/mol. The SMILES string of the molecule is NC(CNc1ccc([N+](=O)[O-])c2nonc12)C1CC1. The summed E-state index contributed by atoms with van der Waals surface area (Å²) in [5.74, 6) is 0.580. The van der Waals surface area contributed by atoms with Gasteiger partial charge in [-0.05, 0) is 35.1 Å². The fraction of sp³-hybridized carbons (Fsp3) is 0.455. The van der Waals surface area contributed by atoms with Crippen LogP contribution in [0.2, 0.25) is 0 Å². The number of nitro groups is 1. The van der Waals surface area contributed by atoms with Crippen LogP contribution >= 0.6 is 0 Å². The van der Waals surface area contributed by atoms with Gasteiger partial charge in [0, 0.05) is 18.7 Å². The quantitative estimate of drug-likeness (QED) is 0.615. The Morgan fingerprint density at radius 1 is 1.47 bits per heavy atom. The van der Waals surface area contributed by atoms with E-state index in [4.69, 9.17) is 5.73 Å². The van der Waals surface area contributed by atoms with Gasteiger partial charge in [-0.25, -0.2) is 4.63 Å². The van der Waals surface area contributed by atoms with Crippen LogP contribution in [0.25, 0.3) is 11.0 Å². The Morgan fingerprint density at radius 3 is 2.89 bits per heavy atom. The molecule has 8 nitrogen and oxygen atoms in total. The van der Waals surface area contributed by atoms with E-state index in [1.807, 2.05) is 0 Å². The normalized spacial score (nSPS) is 16.5. The zero-order chi connectivity index (χ0) is 13.4. The van der Waals surface area contributed by atoms with Crippen molar-refractivity contribution in [2.45, 2.75) is 18.9 Å². The second-order valence-corrected chi connectivity index (χ2v) is 4.73. The average molecular weight is 263 g/mol. The van der Waals surface area contributed by atoms with Crippen LogP contribution in [-0.4, -0.2) is 27.8 Å². The van der Waals surface area contributed by atoms with Crippen LogP contribution in [0, 0.1) is 16.0 Å². The molecule has 2 aromatic rings. The second kappa shape index (κ2) is 4.47. The molecule has 1 aromatic heterocycles. The number of fused-ring (bicyclic) bond motifs is 1. The van der Waals surface area contributed by atoms with Gasteiger partial charge < -0.3 is 11.1 Å². The number of anilines is 1. The van der Waals surface area contributed by atoms with Gasteiger partial charge >= 0.3 is 5.69 Å². The molecule has 1 fully saturated rings. The van der Waals surface area contributed by atoms with Gasteiger partial charge in [0.2, 0.25) is 5.52 Å². The lowest BCUT2D eigenvalue weighted by molar-refractivity contribution is -0.383. The van der Waals surface area contributed by atoms with E-state index in [0.29, 0.717) is 23.7 Å². The predicted octanol–water partition coefficient (Wildman–Crippen LogP) is 1.28. The number of hydrogen-bond donors (Lipinski definition) is 2. The summed E-state index contributed by atoms with van der Waals surface area (Å²) >= 11 is 0. The van der Waals surface area contributed by atoms with E-state index in [9.17, 15) is 10.1 Å². The van der Waals surface area contributed by atoms with Crippen LogP contribution in [0.3, 0.4) is 0 Å². The first-order chi connectivity index (χ1) is 9.16. The zero-order valence-corrected chi connectivity index (χ0v) is 10.1. The fourth-order valence-corrected chi connectivity index (χ4v) is 2.06. The zero-order valence-electron chi connectivity index (χ0n) is 10.1. The third kappa shape index (κ3) is 2.22. The predicted molar refractivity (Wildman–Crippen MR) is 67.6 cm³/mol. The molecule has 100 valence electrons. The van der Waals surface area contributed by atoms with E-state index < -0.39 is 4.92 Å². The second-order valence-electron chi connectivity index (χ2n) is 4.73. The molecule has 0 amide bonds. The summed E-state index contributed by atoms with van der Waals surface area (Å²) in [6.07, 6.45) is 2.34. The van der Waals surface area contributed by atoms with Crippen LogP contribution in [0.4, 0.5) is 11.4 Å². The first-order valence-corrected chi connectivity index (χ1v) is 6.06. The summed E-state index contributed by atoms with van der Waals surface area (Å²) in [6, 6.07) is 3.08. The number of benzene rings is 1. The highest BCUT2D eigenvalue weighted by molar-refractivity contribution is 5.93. The Labute approximate surface area is 108 Å². The summed E-state index contributed by atoms with van der Waals surface area (Å²) in [4.78, 5) is 10.3. The summed E-state index contributed by atoms with van der Waals surface area (Å²) in [5.41, 5.74) is 7.03. The van der Waals surface area contributed by atoms with Crippen molar-refractivity contribution in [1.82, 2.24) is 10.3 Å². The van der Waals surface area contributed by atoms with Gasteiger partial charge in [0.15, 0.2) is 5.52 Å². The first-order valence-electron chi connectivity index (χ1n) is 6.06. The molecule has 0 saturated heterocycles. The maximum Gasteiger partial charge on any atom is 0.300 e. The molecule has 1 heterocycles. The maximum atomic E-state index is 10.8. The monoisotopic (exact) mass is 263 g/mol. The minimum Gasteiger partial charge on any atom is -0.382 e. The van der Waals surface area contributed by atoms with E-state index in [0.717, 1.165) is 0 Å². The molecule has 8 heteroatoms. The highest BCUT2D eigenvalue weighted by Crippen LogP contribution is 2.32. The standard InChI is InChI=1S/C11H13N5O3/c12-7(6-1-2-6)5-13-8-3-4-9(16(17)18)11-10(8)14-19-15-11/h3-4,6-7,13H,1-2,5,12H2. The summed E-state index contributed by atoms with van der Waals surface area (Å²) in [6.45, 7) is 0.602. The smallest absolute Gasteiger partial charge is 0.300 e. The Morgan fingerprint density at radius 2 is 2.21 bits per heavy atom. The number of nitrogens with one attached hydrogen (secondary N) is 1. The number of nitrogens with two attached hydrogens (primary N) is 1. The highest BCUT2D eigenvalue weighted by Gasteiger charge is 2.28. The molecule has 3 N–H and O–H groups in total. The number of nitro benzene ring substituents is 1. The van der Waals surface area contributed by atoms with Gasteiger partial charge in [-0.2, -0.15) is 0 Å². The number of nitrogens with zero attached hydrogens (tertiary/aromatic N) is 3. The Balaban J connectivity index is 1.85. The van der Waals surface area contributed by atoms with Gasteiger partial charge in [-0.1, -0.05) is 0 Å². The molecule has 1 aliphatic carbocycles. The molecule has 0 bridgehead atoms. The van der Waals surface area contributed by atoms with Gasteiger partial charge in [0.1, 0.15) is 0 Å². The summed E-state index contributed by atoms with van der Waals surface area (Å²) < 4.78 is 4.59. The van der Waals surface area contributed by atoms with Crippen molar-refractivity contribution in [3.63, 3.8) is 0 Å². The number of non-ortho nitro benzene ring substituents is 1. The van der Waals surface area contributed by atoms with Crippen molar-refractivity contribution in [3.8, 4) is 0 Å². The van der Waals surface area contributed by atoms with E-state index in [1.165, 1.54) is 18.9 Å². The van der Waals surface area contributed by atoms with Crippen molar-refractivity contribution in [3.05, 3.63) is 22.2 Å². The molecule has 3 rings (SSSR count). The molecule has 1 atom stereocenters. The minimum absolute atomic E-state index is 0.0881. The van der Waals surface area contributed by atoms with Crippen LogP contribution in [0.1, 0.15) is 12.8 Å². The van der Waals surface area contributed by atoms with Gasteiger partial charge in [0.05, 0.1) is 10.6 Å². The summed E-state index contributed by atoms with van der Waals surface area (Å²) in [7, 11) is 0. The maximum absolute atomic E-state index is 10.8. The molecule has 0 radical (unpaired) electrons. The summed E-state index contributed by atoms with van der Waals surface area (Å²) in [5, 5.41) is 21.3. The number of hydrogen-bond acceptors (Lipinski definition) is 7. The number of aromatic nitrogens is 2. The van der Waals surface area contributed by atoms with Crippen molar-refractivity contribution in [1.29, 1.82) is 0 Å². The molecule has 1 aliphatic rings. The van der Waals surface area contributed by atoms with Crippen molar-refractivity contribution in [2.75, 3.05) is 11.9 Å². The van der Waals surface area contributed by atoms with Gasteiger partial charge in [0.25, 0.3) is 0 Å². The molecule has 1 unspecified atom stereocenters. The van der Waals surface area contributed by atoms with Crippen LogP contribution in [-0.2, 0) is 0 Å². The fourth-order valence-electron chi connectivity index (χ4n) is 2.06. The van der Waals surface area contributed by atoms with Crippen molar-refractivity contribution >= 4 is 22.4 Å². The van der Waals surface area contributed by atoms with E-state index in [1.54, 1.807) is 6.07 Å². The molecular formula is C11H13N5O3.